The zero-order valence-corrected chi connectivity index (χ0v) is 14.0. The Balaban J connectivity index is 1.21. The van der Waals surface area contributed by atoms with Crippen LogP contribution in [-0.4, -0.2) is 56.3 Å². The second-order valence-corrected chi connectivity index (χ2v) is 7.25. The molecule has 2 unspecified atom stereocenters. The number of hydrogen-bond acceptors (Lipinski definition) is 4. The highest BCUT2D eigenvalue weighted by atomic mass is 16.5. The molecule has 3 aliphatic rings. The summed E-state index contributed by atoms with van der Waals surface area (Å²) in [5.74, 6) is 1.01. The smallest absolute Gasteiger partial charge is 0.119 e. The van der Waals surface area contributed by atoms with Gasteiger partial charge in [-0.2, -0.15) is 0 Å². The van der Waals surface area contributed by atoms with Crippen LogP contribution in [0.3, 0.4) is 0 Å². The average Bonchev–Trinajstić information content (AvgIpc) is 3.24. The molecular weight excluding hydrogens is 286 g/mol. The molecule has 0 spiro atoms. The van der Waals surface area contributed by atoms with Gasteiger partial charge < -0.3 is 19.9 Å². The third-order valence-electron chi connectivity index (χ3n) is 5.56. The average molecular weight is 315 g/mol. The fourth-order valence-corrected chi connectivity index (χ4v) is 4.27. The van der Waals surface area contributed by atoms with E-state index in [0.29, 0.717) is 12.1 Å². The van der Waals surface area contributed by atoms with Gasteiger partial charge in [-0.15, -0.1) is 0 Å². The summed E-state index contributed by atoms with van der Waals surface area (Å²) in [7, 11) is 0. The SMILES string of the molecule is c1cc(N2CC3CC2CN3)ccc1OCCCN1CCCCC1. The third kappa shape index (κ3) is 3.64. The van der Waals surface area contributed by atoms with Gasteiger partial charge in [-0.3, -0.25) is 0 Å². The fraction of sp³-hybridized carbons (Fsp3) is 0.684. The predicted molar refractivity (Wildman–Crippen MR) is 94.4 cm³/mol. The van der Waals surface area contributed by atoms with E-state index >= 15 is 0 Å². The van der Waals surface area contributed by atoms with Gasteiger partial charge in [0.05, 0.1) is 6.61 Å². The maximum absolute atomic E-state index is 5.92. The lowest BCUT2D eigenvalue weighted by Crippen LogP contribution is -2.43. The molecular formula is C19H29N3O. The van der Waals surface area contributed by atoms with Gasteiger partial charge in [0, 0.05) is 37.4 Å². The fourth-order valence-electron chi connectivity index (χ4n) is 4.27. The number of ether oxygens (including phenoxy) is 1. The number of hydrogen-bond donors (Lipinski definition) is 1. The standard InChI is InChI=1S/C19H29N3O/c1-2-9-21(10-3-1)11-4-12-23-19-7-5-17(6-8-19)22-15-16-13-18(22)14-20-16/h5-8,16,18,20H,1-4,9-15H2. The summed E-state index contributed by atoms with van der Waals surface area (Å²) in [5.41, 5.74) is 1.35. The number of benzene rings is 1. The Hall–Kier alpha value is -1.26. The molecule has 4 nitrogen and oxygen atoms in total. The molecule has 2 atom stereocenters. The highest BCUT2D eigenvalue weighted by molar-refractivity contribution is 5.52. The van der Waals surface area contributed by atoms with Crippen LogP contribution in [0, 0.1) is 0 Å². The highest BCUT2D eigenvalue weighted by Crippen LogP contribution is 2.30. The number of piperazine rings is 1. The van der Waals surface area contributed by atoms with E-state index in [0.717, 1.165) is 31.9 Å². The van der Waals surface area contributed by atoms with E-state index in [9.17, 15) is 0 Å². The van der Waals surface area contributed by atoms with Gasteiger partial charge in [0.15, 0.2) is 0 Å². The number of fused-ring (bicyclic) bond motifs is 2. The van der Waals surface area contributed by atoms with Gasteiger partial charge in [-0.05, 0) is 63.0 Å². The quantitative estimate of drug-likeness (QED) is 0.816. The van der Waals surface area contributed by atoms with Gasteiger partial charge in [-0.1, -0.05) is 6.42 Å². The first-order valence-corrected chi connectivity index (χ1v) is 9.34. The summed E-state index contributed by atoms with van der Waals surface area (Å²) in [4.78, 5) is 5.12. The van der Waals surface area contributed by atoms with Gasteiger partial charge in [0.25, 0.3) is 0 Å². The van der Waals surface area contributed by atoms with Crippen LogP contribution in [0.5, 0.6) is 5.75 Å². The van der Waals surface area contributed by atoms with Crippen LogP contribution in [0.2, 0.25) is 0 Å². The molecule has 3 heterocycles. The Bertz CT molecular complexity index is 498. The largest absolute Gasteiger partial charge is 0.494 e. The summed E-state index contributed by atoms with van der Waals surface area (Å²) in [6.07, 6.45) is 6.58. The monoisotopic (exact) mass is 315 g/mol. The van der Waals surface area contributed by atoms with Crippen molar-refractivity contribution >= 4 is 5.69 Å². The van der Waals surface area contributed by atoms with Crippen molar-refractivity contribution in [3.63, 3.8) is 0 Å². The van der Waals surface area contributed by atoms with Crippen molar-refractivity contribution in [3.8, 4) is 5.75 Å². The Morgan fingerprint density at radius 3 is 2.61 bits per heavy atom. The lowest BCUT2D eigenvalue weighted by atomic mass is 10.1. The van der Waals surface area contributed by atoms with Crippen LogP contribution in [0.4, 0.5) is 5.69 Å². The van der Waals surface area contributed by atoms with Gasteiger partial charge >= 0.3 is 0 Å². The Kier molecular flexibility index (Phi) is 4.72. The van der Waals surface area contributed by atoms with E-state index < -0.39 is 0 Å². The van der Waals surface area contributed by atoms with E-state index in [1.807, 2.05) is 0 Å². The number of rotatable bonds is 6. The Morgan fingerprint density at radius 1 is 1.09 bits per heavy atom. The number of likely N-dealkylation sites (tertiary alicyclic amines) is 1. The molecule has 3 aliphatic heterocycles. The molecule has 0 radical (unpaired) electrons. The number of nitrogens with zero attached hydrogens (tertiary/aromatic N) is 2. The van der Waals surface area contributed by atoms with Crippen molar-refractivity contribution in [2.75, 3.05) is 44.2 Å². The minimum absolute atomic E-state index is 0.691. The second-order valence-electron chi connectivity index (χ2n) is 7.25. The lowest BCUT2D eigenvalue weighted by molar-refractivity contribution is 0.205. The molecule has 1 N–H and O–H groups in total. The molecule has 4 rings (SSSR count). The van der Waals surface area contributed by atoms with Crippen LogP contribution < -0.4 is 15.0 Å². The van der Waals surface area contributed by atoms with Crippen molar-refractivity contribution < 1.29 is 4.74 Å². The second kappa shape index (κ2) is 7.10. The molecule has 4 heteroatoms. The maximum atomic E-state index is 5.92. The molecule has 0 aromatic heterocycles. The zero-order chi connectivity index (χ0) is 15.5. The first-order valence-electron chi connectivity index (χ1n) is 9.34. The van der Waals surface area contributed by atoms with Crippen LogP contribution in [0.15, 0.2) is 24.3 Å². The van der Waals surface area contributed by atoms with Gasteiger partial charge in [-0.25, -0.2) is 0 Å². The van der Waals surface area contributed by atoms with Crippen molar-refractivity contribution in [1.82, 2.24) is 10.2 Å². The van der Waals surface area contributed by atoms with Crippen molar-refractivity contribution in [2.24, 2.45) is 0 Å². The Labute approximate surface area is 139 Å². The summed E-state index contributed by atoms with van der Waals surface area (Å²) < 4.78 is 5.92. The van der Waals surface area contributed by atoms with Crippen LogP contribution in [0.25, 0.3) is 0 Å². The molecule has 3 saturated heterocycles. The van der Waals surface area contributed by atoms with Crippen LogP contribution in [0.1, 0.15) is 32.1 Å². The topological polar surface area (TPSA) is 27.7 Å². The molecule has 1 aromatic rings. The van der Waals surface area contributed by atoms with E-state index in [-0.39, 0.29) is 0 Å². The van der Waals surface area contributed by atoms with Crippen molar-refractivity contribution in [1.29, 1.82) is 0 Å². The molecule has 1 aromatic carbocycles. The summed E-state index contributed by atoms with van der Waals surface area (Å²) in [6.45, 7) is 6.86. The normalized spacial score (nSPS) is 27.6. The molecule has 0 aliphatic carbocycles. The molecule has 0 amide bonds. The number of anilines is 1. The molecule has 126 valence electrons. The summed E-state index contributed by atoms with van der Waals surface area (Å²) in [6, 6.07) is 10.1. The first-order chi connectivity index (χ1) is 11.4. The third-order valence-corrected chi connectivity index (χ3v) is 5.56. The lowest BCUT2D eigenvalue weighted by Gasteiger charge is -2.29. The van der Waals surface area contributed by atoms with Gasteiger partial charge in [0.2, 0.25) is 0 Å². The molecule has 3 fully saturated rings. The van der Waals surface area contributed by atoms with E-state index in [1.54, 1.807) is 0 Å². The molecule has 2 bridgehead atoms. The minimum atomic E-state index is 0.691. The zero-order valence-electron chi connectivity index (χ0n) is 14.0. The van der Waals surface area contributed by atoms with Gasteiger partial charge in [0.1, 0.15) is 5.75 Å². The molecule has 0 saturated carbocycles. The van der Waals surface area contributed by atoms with E-state index in [4.69, 9.17) is 4.74 Å². The predicted octanol–water partition coefficient (Wildman–Crippen LogP) is 2.49. The number of piperidine rings is 1. The van der Waals surface area contributed by atoms with Crippen LogP contribution >= 0.6 is 0 Å². The molecule has 23 heavy (non-hydrogen) atoms. The minimum Gasteiger partial charge on any atom is -0.494 e. The van der Waals surface area contributed by atoms with Crippen molar-refractivity contribution in [3.05, 3.63) is 24.3 Å². The van der Waals surface area contributed by atoms with Crippen LogP contribution in [-0.2, 0) is 0 Å². The maximum Gasteiger partial charge on any atom is 0.119 e. The van der Waals surface area contributed by atoms with Crippen molar-refractivity contribution in [2.45, 2.75) is 44.2 Å². The Morgan fingerprint density at radius 2 is 1.91 bits per heavy atom. The van der Waals surface area contributed by atoms with E-state index in [1.165, 1.54) is 51.0 Å². The highest BCUT2D eigenvalue weighted by Gasteiger charge is 2.37. The first kappa shape index (κ1) is 15.3. The summed E-state index contributed by atoms with van der Waals surface area (Å²) in [5, 5.41) is 3.56. The number of nitrogens with one attached hydrogen (secondary N) is 1. The summed E-state index contributed by atoms with van der Waals surface area (Å²) >= 11 is 0. The van der Waals surface area contributed by atoms with E-state index in [2.05, 4.69) is 39.4 Å².